The van der Waals surface area contributed by atoms with Gasteiger partial charge in [0.05, 0.1) is 11.8 Å². The van der Waals surface area contributed by atoms with E-state index in [0.717, 1.165) is 6.42 Å². The van der Waals surface area contributed by atoms with E-state index < -0.39 is 16.1 Å². The zero-order valence-electron chi connectivity index (χ0n) is 10.1. The molecule has 102 valence electrons. The lowest BCUT2D eigenvalue weighted by molar-refractivity contribution is 0.167. The van der Waals surface area contributed by atoms with E-state index in [1.54, 1.807) is 6.07 Å². The van der Waals surface area contributed by atoms with Crippen LogP contribution in [0, 0.1) is 0 Å². The zero-order chi connectivity index (χ0) is 13.8. The molecule has 1 aromatic carbocycles. The number of nitrogens with two attached hydrogens (primary N) is 1. The Balaban J connectivity index is 2.80. The number of anilines is 1. The number of aliphatic hydroxyl groups excluding tert-OH is 1. The average molecular weight is 337 g/mol. The second kappa shape index (κ2) is 6.51. The third-order valence-electron chi connectivity index (χ3n) is 2.39. The first-order valence-corrected chi connectivity index (χ1v) is 7.87. The summed E-state index contributed by atoms with van der Waals surface area (Å²) in [5.74, 6) is 0. The zero-order valence-corrected chi connectivity index (χ0v) is 12.5. The number of benzene rings is 1. The molecule has 0 saturated carbocycles. The first-order valence-electron chi connectivity index (χ1n) is 5.59. The molecule has 0 bridgehead atoms. The molecule has 7 heteroatoms. The Bertz CT molecular complexity index is 505. The number of hydrogen-bond acceptors (Lipinski definition) is 4. The first kappa shape index (κ1) is 15.4. The number of nitrogen functional groups attached to an aromatic ring is 1. The van der Waals surface area contributed by atoms with Gasteiger partial charge in [0, 0.05) is 11.0 Å². The highest BCUT2D eigenvalue weighted by atomic mass is 79.9. The van der Waals surface area contributed by atoms with E-state index >= 15 is 0 Å². The standard InChI is InChI=1S/C11H17BrN2O3S/c1-2-3-9(15)7-14-18(16,17)11-5-4-8(12)6-10(11)13/h4-6,9,14-15H,2-3,7,13H2,1H3. The maximum Gasteiger partial charge on any atom is 0.242 e. The van der Waals surface area contributed by atoms with Crippen molar-refractivity contribution in [2.24, 2.45) is 0 Å². The molecular formula is C11H17BrN2O3S. The van der Waals surface area contributed by atoms with Gasteiger partial charge in [0.15, 0.2) is 0 Å². The van der Waals surface area contributed by atoms with E-state index in [-0.39, 0.29) is 17.1 Å². The molecule has 1 aromatic rings. The van der Waals surface area contributed by atoms with Crippen molar-refractivity contribution in [1.29, 1.82) is 0 Å². The van der Waals surface area contributed by atoms with Gasteiger partial charge in [-0.1, -0.05) is 29.3 Å². The van der Waals surface area contributed by atoms with Crippen molar-refractivity contribution >= 4 is 31.6 Å². The van der Waals surface area contributed by atoms with Gasteiger partial charge in [0.1, 0.15) is 4.90 Å². The molecule has 5 nitrogen and oxygen atoms in total. The van der Waals surface area contributed by atoms with Gasteiger partial charge < -0.3 is 10.8 Å². The highest BCUT2D eigenvalue weighted by molar-refractivity contribution is 9.10. The van der Waals surface area contributed by atoms with Crippen LogP contribution < -0.4 is 10.5 Å². The second-order valence-corrected chi connectivity index (χ2v) is 6.63. The van der Waals surface area contributed by atoms with Crippen molar-refractivity contribution in [3.05, 3.63) is 22.7 Å². The number of rotatable bonds is 6. The van der Waals surface area contributed by atoms with Crippen molar-refractivity contribution in [1.82, 2.24) is 4.72 Å². The number of sulfonamides is 1. The summed E-state index contributed by atoms with van der Waals surface area (Å²) in [5, 5.41) is 9.51. The minimum atomic E-state index is -3.68. The molecule has 0 aromatic heterocycles. The SMILES string of the molecule is CCCC(O)CNS(=O)(=O)c1ccc(Br)cc1N. The van der Waals surface area contributed by atoms with Crippen LogP contribution in [0.2, 0.25) is 0 Å². The van der Waals surface area contributed by atoms with Crippen LogP contribution in [-0.2, 0) is 10.0 Å². The number of aliphatic hydroxyl groups is 1. The smallest absolute Gasteiger partial charge is 0.242 e. The van der Waals surface area contributed by atoms with Crippen molar-refractivity contribution < 1.29 is 13.5 Å². The van der Waals surface area contributed by atoms with Gasteiger partial charge in [0.2, 0.25) is 10.0 Å². The Hall–Kier alpha value is -0.630. The minimum absolute atomic E-state index is 0.00826. The molecule has 0 radical (unpaired) electrons. The van der Waals surface area contributed by atoms with E-state index in [0.29, 0.717) is 10.9 Å². The van der Waals surface area contributed by atoms with E-state index in [1.807, 2.05) is 6.92 Å². The van der Waals surface area contributed by atoms with Gasteiger partial charge >= 0.3 is 0 Å². The average Bonchev–Trinajstić information content (AvgIpc) is 2.26. The molecule has 0 fully saturated rings. The molecule has 0 aliphatic carbocycles. The van der Waals surface area contributed by atoms with Crippen LogP contribution in [-0.4, -0.2) is 26.2 Å². The Morgan fingerprint density at radius 3 is 2.72 bits per heavy atom. The number of halogens is 1. The highest BCUT2D eigenvalue weighted by Gasteiger charge is 2.18. The summed E-state index contributed by atoms with van der Waals surface area (Å²) in [6.45, 7) is 1.91. The predicted octanol–water partition coefficient (Wildman–Crippen LogP) is 1.47. The molecular weight excluding hydrogens is 320 g/mol. The molecule has 0 aliphatic rings. The van der Waals surface area contributed by atoms with Crippen LogP contribution in [0.15, 0.2) is 27.6 Å². The van der Waals surface area contributed by atoms with Crippen molar-refractivity contribution in [3.8, 4) is 0 Å². The fraction of sp³-hybridized carbons (Fsp3) is 0.455. The molecule has 0 spiro atoms. The summed E-state index contributed by atoms with van der Waals surface area (Å²) >= 11 is 3.21. The Morgan fingerprint density at radius 2 is 2.17 bits per heavy atom. The van der Waals surface area contributed by atoms with Gasteiger partial charge in [-0.25, -0.2) is 13.1 Å². The quantitative estimate of drug-likeness (QED) is 0.686. The normalized spacial score (nSPS) is 13.5. The van der Waals surface area contributed by atoms with Crippen LogP contribution in [0.5, 0.6) is 0 Å². The molecule has 0 heterocycles. The molecule has 0 aliphatic heterocycles. The number of hydrogen-bond donors (Lipinski definition) is 3. The van der Waals surface area contributed by atoms with Gasteiger partial charge in [0.25, 0.3) is 0 Å². The molecule has 0 saturated heterocycles. The van der Waals surface area contributed by atoms with Crippen molar-refractivity contribution in [2.75, 3.05) is 12.3 Å². The molecule has 1 rings (SSSR count). The summed E-state index contributed by atoms with van der Waals surface area (Å²) in [7, 11) is -3.68. The lowest BCUT2D eigenvalue weighted by Gasteiger charge is -2.12. The highest BCUT2D eigenvalue weighted by Crippen LogP contribution is 2.22. The fourth-order valence-electron chi connectivity index (χ4n) is 1.48. The van der Waals surface area contributed by atoms with Crippen LogP contribution in [0.3, 0.4) is 0 Å². The Labute approximate surface area is 116 Å². The summed E-state index contributed by atoms with van der Waals surface area (Å²) in [5.41, 5.74) is 5.83. The lowest BCUT2D eigenvalue weighted by Crippen LogP contribution is -2.32. The Morgan fingerprint density at radius 1 is 1.50 bits per heavy atom. The summed E-state index contributed by atoms with van der Waals surface area (Å²) < 4.78 is 27.0. The molecule has 4 N–H and O–H groups in total. The maximum absolute atomic E-state index is 12.0. The van der Waals surface area contributed by atoms with Gasteiger partial charge in [-0.3, -0.25) is 0 Å². The maximum atomic E-state index is 12.0. The molecule has 0 amide bonds. The lowest BCUT2D eigenvalue weighted by atomic mass is 10.2. The predicted molar refractivity (Wildman–Crippen MR) is 74.7 cm³/mol. The van der Waals surface area contributed by atoms with Crippen LogP contribution in [0.4, 0.5) is 5.69 Å². The van der Waals surface area contributed by atoms with Crippen LogP contribution >= 0.6 is 15.9 Å². The largest absolute Gasteiger partial charge is 0.398 e. The van der Waals surface area contributed by atoms with E-state index in [9.17, 15) is 13.5 Å². The third-order valence-corrected chi connectivity index (χ3v) is 4.38. The molecule has 18 heavy (non-hydrogen) atoms. The Kier molecular flexibility index (Phi) is 5.58. The van der Waals surface area contributed by atoms with Gasteiger partial charge in [-0.15, -0.1) is 0 Å². The van der Waals surface area contributed by atoms with E-state index in [1.165, 1.54) is 12.1 Å². The third kappa shape index (κ3) is 4.24. The van der Waals surface area contributed by atoms with Crippen molar-refractivity contribution in [2.45, 2.75) is 30.8 Å². The van der Waals surface area contributed by atoms with Gasteiger partial charge in [-0.2, -0.15) is 0 Å². The topological polar surface area (TPSA) is 92.4 Å². The van der Waals surface area contributed by atoms with E-state index in [4.69, 9.17) is 5.73 Å². The monoisotopic (exact) mass is 336 g/mol. The second-order valence-electron chi connectivity index (χ2n) is 3.98. The van der Waals surface area contributed by atoms with E-state index in [2.05, 4.69) is 20.7 Å². The first-order chi connectivity index (χ1) is 8.36. The summed E-state index contributed by atoms with van der Waals surface area (Å²) in [6, 6.07) is 4.55. The van der Waals surface area contributed by atoms with Gasteiger partial charge in [-0.05, 0) is 24.6 Å². The molecule has 1 atom stereocenters. The fourth-order valence-corrected chi connectivity index (χ4v) is 3.05. The number of nitrogens with one attached hydrogen (secondary N) is 1. The van der Waals surface area contributed by atoms with Crippen molar-refractivity contribution in [3.63, 3.8) is 0 Å². The van der Waals surface area contributed by atoms with Crippen LogP contribution in [0.25, 0.3) is 0 Å². The minimum Gasteiger partial charge on any atom is -0.398 e. The van der Waals surface area contributed by atoms with Crippen LogP contribution in [0.1, 0.15) is 19.8 Å². The summed E-state index contributed by atoms with van der Waals surface area (Å²) in [6.07, 6.45) is 0.670. The molecule has 1 unspecified atom stereocenters. The summed E-state index contributed by atoms with van der Waals surface area (Å²) in [4.78, 5) is 0.0226.